The highest BCUT2D eigenvalue weighted by Crippen LogP contribution is 2.22. The van der Waals surface area contributed by atoms with Gasteiger partial charge < -0.3 is 9.88 Å². The van der Waals surface area contributed by atoms with Crippen molar-refractivity contribution in [2.75, 3.05) is 11.1 Å². The summed E-state index contributed by atoms with van der Waals surface area (Å²) >= 11 is 1.40. The molecular formula is C22H26N4OS. The molecule has 0 saturated carbocycles. The SMILES string of the molecule is CC[C@@H](C)c1ccc(NC(=O)CSc2nnc(C)n2Cc2ccccc2)cc1. The van der Waals surface area contributed by atoms with Gasteiger partial charge in [0.1, 0.15) is 5.82 Å². The topological polar surface area (TPSA) is 59.8 Å². The van der Waals surface area contributed by atoms with Crippen LogP contribution in [0.2, 0.25) is 0 Å². The van der Waals surface area contributed by atoms with Gasteiger partial charge in [0, 0.05) is 5.69 Å². The summed E-state index contributed by atoms with van der Waals surface area (Å²) < 4.78 is 2.04. The van der Waals surface area contributed by atoms with Crippen LogP contribution in [0.4, 0.5) is 5.69 Å². The zero-order valence-electron chi connectivity index (χ0n) is 16.6. The number of amides is 1. The molecule has 1 N–H and O–H groups in total. The zero-order chi connectivity index (χ0) is 19.9. The van der Waals surface area contributed by atoms with E-state index in [9.17, 15) is 4.79 Å². The summed E-state index contributed by atoms with van der Waals surface area (Å²) in [6.07, 6.45) is 1.10. The Hall–Kier alpha value is -2.60. The van der Waals surface area contributed by atoms with Crippen molar-refractivity contribution in [2.45, 2.75) is 44.8 Å². The van der Waals surface area contributed by atoms with E-state index in [1.165, 1.54) is 22.9 Å². The van der Waals surface area contributed by atoms with Crippen molar-refractivity contribution >= 4 is 23.4 Å². The summed E-state index contributed by atoms with van der Waals surface area (Å²) in [4.78, 5) is 12.3. The highest BCUT2D eigenvalue weighted by atomic mass is 32.2. The molecule has 3 rings (SSSR count). The molecule has 5 nitrogen and oxygen atoms in total. The van der Waals surface area contributed by atoms with Crippen LogP contribution in [0.3, 0.4) is 0 Å². The van der Waals surface area contributed by atoms with Gasteiger partial charge in [-0.3, -0.25) is 4.79 Å². The average molecular weight is 395 g/mol. The number of aromatic nitrogens is 3. The zero-order valence-corrected chi connectivity index (χ0v) is 17.4. The number of carbonyl (C=O) groups excluding carboxylic acids is 1. The summed E-state index contributed by atoms with van der Waals surface area (Å²) in [6, 6.07) is 18.3. The Labute approximate surface area is 170 Å². The highest BCUT2D eigenvalue weighted by molar-refractivity contribution is 7.99. The van der Waals surface area contributed by atoms with Crippen LogP contribution in [0.1, 0.15) is 43.1 Å². The fraction of sp³-hybridized carbons (Fsp3) is 0.318. The normalized spacial score (nSPS) is 12.0. The first-order valence-corrected chi connectivity index (χ1v) is 10.5. The van der Waals surface area contributed by atoms with Crippen LogP contribution in [0, 0.1) is 6.92 Å². The quantitative estimate of drug-likeness (QED) is 0.553. The maximum Gasteiger partial charge on any atom is 0.234 e. The Bertz CT molecular complexity index is 906. The van der Waals surface area contributed by atoms with Crippen molar-refractivity contribution < 1.29 is 4.79 Å². The predicted molar refractivity (Wildman–Crippen MR) is 115 cm³/mol. The second-order valence-corrected chi connectivity index (χ2v) is 7.81. The van der Waals surface area contributed by atoms with Gasteiger partial charge >= 0.3 is 0 Å². The lowest BCUT2D eigenvalue weighted by molar-refractivity contribution is -0.113. The third-order valence-electron chi connectivity index (χ3n) is 4.79. The molecular weight excluding hydrogens is 368 g/mol. The standard InChI is InChI=1S/C22H26N4OS/c1-4-16(2)19-10-12-20(13-11-19)23-21(27)15-28-22-25-24-17(3)26(22)14-18-8-6-5-7-9-18/h5-13,16H,4,14-15H2,1-3H3,(H,23,27)/t16-/m1/s1. The number of rotatable bonds is 8. The van der Waals surface area contributed by atoms with E-state index in [0.717, 1.165) is 23.1 Å². The number of benzene rings is 2. The minimum absolute atomic E-state index is 0.0480. The molecule has 1 aromatic heterocycles. The maximum absolute atomic E-state index is 12.3. The second kappa shape index (κ2) is 9.55. The van der Waals surface area contributed by atoms with Gasteiger partial charge in [-0.05, 0) is 42.5 Å². The molecule has 0 saturated heterocycles. The highest BCUT2D eigenvalue weighted by Gasteiger charge is 2.12. The second-order valence-electron chi connectivity index (χ2n) is 6.87. The summed E-state index contributed by atoms with van der Waals surface area (Å²) in [5.41, 5.74) is 3.29. The first kappa shape index (κ1) is 20.1. The third kappa shape index (κ3) is 5.23. The molecule has 0 bridgehead atoms. The largest absolute Gasteiger partial charge is 0.325 e. The molecule has 28 heavy (non-hydrogen) atoms. The number of carbonyl (C=O) groups is 1. The summed E-state index contributed by atoms with van der Waals surface area (Å²) in [6.45, 7) is 7.01. The number of nitrogens with one attached hydrogen (secondary N) is 1. The van der Waals surface area contributed by atoms with Crippen molar-refractivity contribution in [2.24, 2.45) is 0 Å². The van der Waals surface area contributed by atoms with Crippen LogP contribution < -0.4 is 5.32 Å². The van der Waals surface area contributed by atoms with E-state index in [4.69, 9.17) is 0 Å². The van der Waals surface area contributed by atoms with E-state index in [-0.39, 0.29) is 5.91 Å². The Kier molecular flexibility index (Phi) is 6.87. The molecule has 1 amide bonds. The minimum Gasteiger partial charge on any atom is -0.325 e. The van der Waals surface area contributed by atoms with Crippen molar-refractivity contribution in [3.63, 3.8) is 0 Å². The molecule has 2 aromatic carbocycles. The number of aryl methyl sites for hydroxylation is 1. The van der Waals surface area contributed by atoms with Crippen molar-refractivity contribution in [1.29, 1.82) is 0 Å². The summed E-state index contributed by atoms with van der Waals surface area (Å²) in [5.74, 6) is 1.61. The molecule has 0 spiro atoms. The molecule has 0 aliphatic heterocycles. The van der Waals surface area contributed by atoms with E-state index in [1.807, 2.05) is 41.8 Å². The van der Waals surface area contributed by atoms with Gasteiger partial charge in [0.05, 0.1) is 12.3 Å². The van der Waals surface area contributed by atoms with Gasteiger partial charge in [0.15, 0.2) is 5.16 Å². The minimum atomic E-state index is -0.0480. The molecule has 0 aliphatic carbocycles. The fourth-order valence-corrected chi connectivity index (χ4v) is 3.66. The third-order valence-corrected chi connectivity index (χ3v) is 5.76. The van der Waals surface area contributed by atoms with Crippen LogP contribution in [-0.2, 0) is 11.3 Å². The van der Waals surface area contributed by atoms with E-state index in [0.29, 0.717) is 18.2 Å². The molecule has 1 atom stereocenters. The molecule has 146 valence electrons. The molecule has 0 fully saturated rings. The van der Waals surface area contributed by atoms with Crippen LogP contribution in [0.5, 0.6) is 0 Å². The number of hydrogen-bond donors (Lipinski definition) is 1. The smallest absolute Gasteiger partial charge is 0.234 e. The van der Waals surface area contributed by atoms with Crippen LogP contribution in [0.15, 0.2) is 59.8 Å². The van der Waals surface area contributed by atoms with E-state index in [2.05, 4.69) is 53.6 Å². The number of anilines is 1. The van der Waals surface area contributed by atoms with Gasteiger partial charge in [-0.15, -0.1) is 10.2 Å². The van der Waals surface area contributed by atoms with Gasteiger partial charge in [0.2, 0.25) is 5.91 Å². The Morgan fingerprint density at radius 2 is 1.82 bits per heavy atom. The lowest BCUT2D eigenvalue weighted by Crippen LogP contribution is -2.15. The van der Waals surface area contributed by atoms with Gasteiger partial charge in [-0.1, -0.05) is 68.1 Å². The van der Waals surface area contributed by atoms with Gasteiger partial charge in [-0.25, -0.2) is 0 Å². The molecule has 6 heteroatoms. The van der Waals surface area contributed by atoms with Crippen molar-refractivity contribution in [1.82, 2.24) is 14.8 Å². The maximum atomic E-state index is 12.3. The van der Waals surface area contributed by atoms with E-state index >= 15 is 0 Å². The summed E-state index contributed by atoms with van der Waals surface area (Å²) in [5, 5.41) is 12.1. The first-order valence-electron chi connectivity index (χ1n) is 9.53. The summed E-state index contributed by atoms with van der Waals surface area (Å²) in [7, 11) is 0. The monoisotopic (exact) mass is 394 g/mol. The first-order chi connectivity index (χ1) is 13.6. The van der Waals surface area contributed by atoms with Crippen LogP contribution in [0.25, 0.3) is 0 Å². The molecule has 0 aliphatic rings. The molecule has 0 unspecified atom stereocenters. The van der Waals surface area contributed by atoms with Crippen LogP contribution in [-0.4, -0.2) is 26.4 Å². The molecule has 0 radical (unpaired) electrons. The molecule has 3 aromatic rings. The molecule has 1 heterocycles. The van der Waals surface area contributed by atoms with Crippen molar-refractivity contribution in [3.05, 3.63) is 71.5 Å². The van der Waals surface area contributed by atoms with Gasteiger partial charge in [0.25, 0.3) is 0 Å². The van der Waals surface area contributed by atoms with E-state index < -0.39 is 0 Å². The average Bonchev–Trinajstić information content (AvgIpc) is 3.06. The lowest BCUT2D eigenvalue weighted by atomic mass is 9.99. The van der Waals surface area contributed by atoms with Crippen LogP contribution >= 0.6 is 11.8 Å². The fourth-order valence-electron chi connectivity index (χ4n) is 2.87. The Morgan fingerprint density at radius 3 is 2.50 bits per heavy atom. The predicted octanol–water partition coefficient (Wildman–Crippen LogP) is 4.88. The van der Waals surface area contributed by atoms with E-state index in [1.54, 1.807) is 0 Å². The number of hydrogen-bond acceptors (Lipinski definition) is 4. The number of thioether (sulfide) groups is 1. The Balaban J connectivity index is 1.58. The van der Waals surface area contributed by atoms with Gasteiger partial charge in [-0.2, -0.15) is 0 Å². The lowest BCUT2D eigenvalue weighted by Gasteiger charge is -2.11. The van der Waals surface area contributed by atoms with Crippen molar-refractivity contribution in [3.8, 4) is 0 Å². The number of nitrogens with zero attached hydrogens (tertiary/aromatic N) is 3. The Morgan fingerprint density at radius 1 is 1.11 bits per heavy atom.